The van der Waals surface area contributed by atoms with E-state index in [4.69, 9.17) is 47.7 Å². The second kappa shape index (κ2) is 26.9. The summed E-state index contributed by atoms with van der Waals surface area (Å²) in [6.45, 7) is 5.57. The molecule has 14 nitrogen and oxygen atoms in total. The quantitative estimate of drug-likeness (QED) is 0.0780. The number of hydrogen-bond acceptors (Lipinski definition) is 13. The van der Waals surface area contributed by atoms with Gasteiger partial charge in [-0.2, -0.15) is 0 Å². The van der Waals surface area contributed by atoms with Crippen LogP contribution in [0.3, 0.4) is 0 Å². The van der Waals surface area contributed by atoms with E-state index in [1.807, 2.05) is 6.07 Å². The molecule has 14 heteroatoms. The Balaban J connectivity index is 1.70. The van der Waals surface area contributed by atoms with Gasteiger partial charge in [0, 0.05) is 6.42 Å². The van der Waals surface area contributed by atoms with Crippen LogP contribution in [0.1, 0.15) is 23.2 Å². The molecule has 0 aliphatic heterocycles. The molecule has 0 unspecified atom stereocenters. The molecule has 0 spiro atoms. The molecule has 1 aromatic carbocycles. The average molecular weight is 603 g/mol. The van der Waals surface area contributed by atoms with Gasteiger partial charge in [-0.3, -0.25) is 9.59 Å². The Labute approximate surface area is 245 Å². The highest BCUT2D eigenvalue weighted by Gasteiger charge is 2.14. The van der Waals surface area contributed by atoms with E-state index in [9.17, 15) is 19.2 Å². The molecule has 0 bridgehead atoms. The highest BCUT2D eigenvalue weighted by molar-refractivity contribution is 6.32. The topological polar surface area (TPSA) is 172 Å². The van der Waals surface area contributed by atoms with Crippen molar-refractivity contribution in [2.45, 2.75) is 12.8 Å². The van der Waals surface area contributed by atoms with Crippen molar-refractivity contribution in [3.8, 4) is 0 Å². The van der Waals surface area contributed by atoms with Crippen LogP contribution in [-0.2, 0) is 57.0 Å². The molecule has 0 aromatic heterocycles. The maximum atomic E-state index is 11.8. The number of aliphatic carboxylic acids is 1. The van der Waals surface area contributed by atoms with Gasteiger partial charge in [-0.05, 0) is 12.1 Å². The zero-order valence-corrected chi connectivity index (χ0v) is 23.9. The first-order chi connectivity index (χ1) is 20.5. The minimum atomic E-state index is -1.57. The van der Waals surface area contributed by atoms with Gasteiger partial charge in [0.2, 0.25) is 5.78 Å². The van der Waals surface area contributed by atoms with Crippen LogP contribution >= 0.6 is 0 Å². The number of benzene rings is 1. The van der Waals surface area contributed by atoms with E-state index >= 15 is 0 Å². The van der Waals surface area contributed by atoms with Crippen molar-refractivity contribution in [3.05, 3.63) is 35.9 Å². The monoisotopic (exact) mass is 602 g/mol. The standard InChI is InChI=1S/C28H42O14/c29-25(27(31)32)6-7-26(30)41-22-20-39-18-16-37-14-12-35-10-8-34-9-11-36-13-15-38-17-19-40-21-23-42-28(33)24-4-2-1-3-5-24/h1-5H,6-23H2,(H,31,32). The molecule has 42 heavy (non-hydrogen) atoms. The Morgan fingerprint density at radius 1 is 0.476 bits per heavy atom. The van der Waals surface area contributed by atoms with E-state index in [0.29, 0.717) is 91.5 Å². The summed E-state index contributed by atoms with van der Waals surface area (Å²) in [6, 6.07) is 8.78. The van der Waals surface area contributed by atoms with Gasteiger partial charge in [0.25, 0.3) is 0 Å². The third-order valence-corrected chi connectivity index (χ3v) is 4.99. The summed E-state index contributed by atoms with van der Waals surface area (Å²) < 4.78 is 47.5. The lowest BCUT2D eigenvalue weighted by Gasteiger charge is -2.09. The molecule has 0 aliphatic carbocycles. The zero-order valence-electron chi connectivity index (χ0n) is 23.9. The number of carboxylic acids is 1. The summed E-state index contributed by atoms with van der Waals surface area (Å²) in [5.41, 5.74) is 0.510. The van der Waals surface area contributed by atoms with Crippen LogP contribution in [0, 0.1) is 0 Å². The van der Waals surface area contributed by atoms with Crippen LogP contribution in [0.5, 0.6) is 0 Å². The number of esters is 2. The summed E-state index contributed by atoms with van der Waals surface area (Å²) in [5, 5.41) is 8.43. The number of hydrogen-bond donors (Lipinski definition) is 1. The Morgan fingerprint density at radius 2 is 0.833 bits per heavy atom. The number of carboxylic acid groups (broad SMARTS) is 1. The highest BCUT2D eigenvalue weighted by atomic mass is 16.6. The van der Waals surface area contributed by atoms with E-state index < -0.39 is 17.7 Å². The number of carbonyl (C=O) groups is 4. The largest absolute Gasteiger partial charge is 0.476 e. The second-order valence-corrected chi connectivity index (χ2v) is 8.24. The van der Waals surface area contributed by atoms with Crippen molar-refractivity contribution >= 4 is 23.7 Å². The first-order valence-corrected chi connectivity index (χ1v) is 13.7. The normalized spacial score (nSPS) is 10.9. The second-order valence-electron chi connectivity index (χ2n) is 8.24. The molecule has 1 aromatic rings. The lowest BCUT2D eigenvalue weighted by molar-refractivity contribution is -0.151. The van der Waals surface area contributed by atoms with Crippen LogP contribution in [0.15, 0.2) is 30.3 Å². The average Bonchev–Trinajstić information content (AvgIpc) is 3.00. The fraction of sp³-hybridized carbons (Fsp3) is 0.643. The van der Waals surface area contributed by atoms with Gasteiger partial charge < -0.3 is 47.7 Å². The molecule has 0 fully saturated rings. The Bertz CT molecular complexity index is 848. The third kappa shape index (κ3) is 22.7. The van der Waals surface area contributed by atoms with Gasteiger partial charge in [0.05, 0.1) is 104 Å². The van der Waals surface area contributed by atoms with Crippen molar-refractivity contribution in [1.29, 1.82) is 0 Å². The predicted molar refractivity (Wildman–Crippen MR) is 145 cm³/mol. The fourth-order valence-electron chi connectivity index (χ4n) is 2.88. The van der Waals surface area contributed by atoms with Gasteiger partial charge in [0.1, 0.15) is 13.2 Å². The third-order valence-electron chi connectivity index (χ3n) is 4.99. The molecule has 0 heterocycles. The summed E-state index contributed by atoms with van der Waals surface area (Å²) in [7, 11) is 0. The minimum absolute atomic E-state index is 0.00989. The smallest absolute Gasteiger partial charge is 0.372 e. The minimum Gasteiger partial charge on any atom is -0.476 e. The van der Waals surface area contributed by atoms with E-state index in [2.05, 4.69) is 0 Å². The van der Waals surface area contributed by atoms with Crippen molar-refractivity contribution in [3.63, 3.8) is 0 Å². The molecule has 0 radical (unpaired) electrons. The molecular formula is C28H42O14. The summed E-state index contributed by atoms with van der Waals surface area (Å²) >= 11 is 0. The van der Waals surface area contributed by atoms with E-state index in [0.717, 1.165) is 0 Å². The molecular weight excluding hydrogens is 560 g/mol. The highest BCUT2D eigenvalue weighted by Crippen LogP contribution is 2.00. The number of ketones is 1. The summed E-state index contributed by atoms with van der Waals surface area (Å²) in [5.74, 6) is -3.62. The van der Waals surface area contributed by atoms with Crippen LogP contribution < -0.4 is 0 Å². The maximum Gasteiger partial charge on any atom is 0.372 e. The van der Waals surface area contributed by atoms with Crippen molar-refractivity contribution < 1.29 is 66.9 Å². The van der Waals surface area contributed by atoms with Gasteiger partial charge in [-0.25, -0.2) is 9.59 Å². The van der Waals surface area contributed by atoms with Crippen molar-refractivity contribution in [1.82, 2.24) is 0 Å². The molecule has 0 aliphatic rings. The Morgan fingerprint density at radius 3 is 1.21 bits per heavy atom. The van der Waals surface area contributed by atoms with Crippen molar-refractivity contribution in [2.75, 3.05) is 106 Å². The lowest BCUT2D eigenvalue weighted by atomic mass is 10.2. The van der Waals surface area contributed by atoms with Gasteiger partial charge in [0.15, 0.2) is 0 Å². The van der Waals surface area contributed by atoms with Gasteiger partial charge in [-0.1, -0.05) is 18.2 Å². The summed E-state index contributed by atoms with van der Waals surface area (Å²) in [4.78, 5) is 44.3. The molecule has 1 N–H and O–H groups in total. The first kappa shape index (κ1) is 37.0. The number of rotatable bonds is 29. The summed E-state index contributed by atoms with van der Waals surface area (Å²) in [6.07, 6.45) is -0.666. The molecule has 1 rings (SSSR count). The number of Topliss-reactive ketones (excluding diaryl/α,β-unsaturated/α-hetero) is 1. The number of ether oxygens (including phenoxy) is 9. The fourth-order valence-corrected chi connectivity index (χ4v) is 2.88. The SMILES string of the molecule is O=C(CCC(=O)C(=O)O)OCCOCCOCCOCCOCCOCCOCCOCCOC(=O)c1ccccc1. The Kier molecular flexibility index (Phi) is 23.7. The van der Waals surface area contributed by atoms with Crippen LogP contribution in [0.2, 0.25) is 0 Å². The van der Waals surface area contributed by atoms with Gasteiger partial charge in [-0.15, -0.1) is 0 Å². The Hall–Kier alpha value is -2.98. The molecule has 0 atom stereocenters. The van der Waals surface area contributed by atoms with E-state index in [-0.39, 0.29) is 38.6 Å². The van der Waals surface area contributed by atoms with E-state index in [1.165, 1.54) is 0 Å². The molecule has 238 valence electrons. The molecule has 0 saturated heterocycles. The van der Waals surface area contributed by atoms with Gasteiger partial charge >= 0.3 is 17.9 Å². The first-order valence-electron chi connectivity index (χ1n) is 13.7. The molecule has 0 amide bonds. The van der Waals surface area contributed by atoms with Crippen LogP contribution in [0.25, 0.3) is 0 Å². The maximum absolute atomic E-state index is 11.8. The van der Waals surface area contributed by atoms with Crippen LogP contribution in [-0.4, -0.2) is 135 Å². The lowest BCUT2D eigenvalue weighted by Crippen LogP contribution is -2.17. The number of carbonyl (C=O) groups excluding carboxylic acids is 3. The molecule has 0 saturated carbocycles. The predicted octanol–water partition coefficient (Wildman–Crippen LogP) is 0.937. The van der Waals surface area contributed by atoms with Crippen molar-refractivity contribution in [2.24, 2.45) is 0 Å². The van der Waals surface area contributed by atoms with E-state index in [1.54, 1.807) is 24.3 Å². The van der Waals surface area contributed by atoms with Crippen LogP contribution in [0.4, 0.5) is 0 Å². The zero-order chi connectivity index (χ0) is 30.5.